The molecule has 1 fully saturated rings. The van der Waals surface area contributed by atoms with E-state index < -0.39 is 16.8 Å². The fraction of sp³-hybridized carbons (Fsp3) is 0.333. The van der Waals surface area contributed by atoms with Crippen molar-refractivity contribution in [2.24, 2.45) is 5.92 Å². The molecule has 1 amide bonds. The minimum Gasteiger partial charge on any atom is -0.481 e. The summed E-state index contributed by atoms with van der Waals surface area (Å²) in [5, 5.41) is 19.7. The number of nitro benzene ring substituents is 1. The normalized spacial score (nSPS) is 14.8. The number of nitro groups is 1. The van der Waals surface area contributed by atoms with Crippen molar-refractivity contribution in [3.05, 3.63) is 33.9 Å². The highest BCUT2D eigenvalue weighted by molar-refractivity contribution is 7.98. The zero-order valence-electron chi connectivity index (χ0n) is 10.6. The van der Waals surface area contributed by atoms with Crippen LogP contribution in [0.15, 0.2) is 23.1 Å². The summed E-state index contributed by atoms with van der Waals surface area (Å²) in [6.45, 7) is 0.290. The molecule has 0 bridgehead atoms. The molecule has 0 radical (unpaired) electrons. The average molecular weight is 296 g/mol. The molecule has 1 aliphatic heterocycles. The molecular formula is C12H12N2O5S. The summed E-state index contributed by atoms with van der Waals surface area (Å²) in [5.74, 6) is -1.85. The smallest absolute Gasteiger partial charge is 0.310 e. The first-order valence-electron chi connectivity index (χ1n) is 5.78. The number of amides is 1. The number of rotatable bonds is 4. The van der Waals surface area contributed by atoms with E-state index in [0.29, 0.717) is 4.90 Å². The van der Waals surface area contributed by atoms with Crippen molar-refractivity contribution >= 4 is 29.3 Å². The Balaban J connectivity index is 2.18. The van der Waals surface area contributed by atoms with E-state index in [0.717, 1.165) is 0 Å². The third-order valence-corrected chi connectivity index (χ3v) is 3.93. The van der Waals surface area contributed by atoms with Crippen LogP contribution in [0.4, 0.5) is 5.69 Å². The van der Waals surface area contributed by atoms with Gasteiger partial charge in [0.25, 0.3) is 11.6 Å². The first kappa shape index (κ1) is 14.3. The fourth-order valence-corrected chi connectivity index (χ4v) is 2.50. The summed E-state index contributed by atoms with van der Waals surface area (Å²) in [6, 6.07) is 4.29. The number of carbonyl (C=O) groups excluding carboxylic acids is 1. The summed E-state index contributed by atoms with van der Waals surface area (Å²) < 4.78 is 0. The number of aliphatic carboxylic acids is 1. The Bertz CT molecular complexity index is 583. The van der Waals surface area contributed by atoms with Crippen LogP contribution in [0.5, 0.6) is 0 Å². The molecule has 0 aromatic heterocycles. The van der Waals surface area contributed by atoms with Crippen LogP contribution in [0.1, 0.15) is 10.4 Å². The van der Waals surface area contributed by atoms with Gasteiger partial charge in [-0.2, -0.15) is 0 Å². The second kappa shape index (κ2) is 5.49. The molecule has 1 aromatic rings. The molecule has 2 rings (SSSR count). The summed E-state index contributed by atoms with van der Waals surface area (Å²) >= 11 is 1.23. The second-order valence-electron chi connectivity index (χ2n) is 4.39. The highest BCUT2D eigenvalue weighted by Crippen LogP contribution is 2.29. The van der Waals surface area contributed by atoms with Crippen LogP contribution in [-0.4, -0.2) is 46.2 Å². The average Bonchev–Trinajstić information content (AvgIpc) is 2.35. The predicted octanol–water partition coefficient (Wildman–Crippen LogP) is 1.47. The van der Waals surface area contributed by atoms with Crippen LogP contribution in [0.3, 0.4) is 0 Å². The SMILES string of the molecule is CSc1ccc(C(=O)N2CC(C(=O)O)C2)cc1[N+](=O)[O-]. The summed E-state index contributed by atoms with van der Waals surface area (Å²) in [7, 11) is 0. The van der Waals surface area contributed by atoms with Crippen molar-refractivity contribution < 1.29 is 19.6 Å². The first-order chi connectivity index (χ1) is 9.43. The van der Waals surface area contributed by atoms with E-state index in [9.17, 15) is 19.7 Å². The lowest BCUT2D eigenvalue weighted by molar-refractivity contribution is -0.387. The largest absolute Gasteiger partial charge is 0.481 e. The number of carboxylic acids is 1. The van der Waals surface area contributed by atoms with E-state index in [1.165, 1.54) is 34.9 Å². The predicted molar refractivity (Wildman–Crippen MR) is 71.9 cm³/mol. The lowest BCUT2D eigenvalue weighted by Crippen LogP contribution is -2.53. The van der Waals surface area contributed by atoms with Crippen LogP contribution in [0.25, 0.3) is 0 Å². The van der Waals surface area contributed by atoms with Crippen LogP contribution in [0.2, 0.25) is 0 Å². The van der Waals surface area contributed by atoms with Crippen molar-refractivity contribution in [3.8, 4) is 0 Å². The highest BCUT2D eigenvalue weighted by atomic mass is 32.2. The number of nitrogens with zero attached hydrogens (tertiary/aromatic N) is 2. The van der Waals surface area contributed by atoms with Gasteiger partial charge < -0.3 is 10.0 Å². The molecule has 20 heavy (non-hydrogen) atoms. The molecule has 0 saturated carbocycles. The number of benzene rings is 1. The van der Waals surface area contributed by atoms with Gasteiger partial charge in [-0.25, -0.2) is 0 Å². The maximum atomic E-state index is 12.1. The van der Waals surface area contributed by atoms with Crippen molar-refractivity contribution in [1.82, 2.24) is 4.90 Å². The highest BCUT2D eigenvalue weighted by Gasteiger charge is 2.36. The van der Waals surface area contributed by atoms with Crippen molar-refractivity contribution in [2.75, 3.05) is 19.3 Å². The van der Waals surface area contributed by atoms with Crippen LogP contribution < -0.4 is 0 Å². The van der Waals surface area contributed by atoms with E-state index in [-0.39, 0.29) is 30.2 Å². The zero-order valence-corrected chi connectivity index (χ0v) is 11.4. The van der Waals surface area contributed by atoms with E-state index in [1.807, 2.05) is 0 Å². The Morgan fingerprint density at radius 1 is 1.45 bits per heavy atom. The molecule has 7 nitrogen and oxygen atoms in total. The lowest BCUT2D eigenvalue weighted by Gasteiger charge is -2.36. The van der Waals surface area contributed by atoms with Gasteiger partial charge in [0.1, 0.15) is 0 Å². The van der Waals surface area contributed by atoms with Gasteiger partial charge in [-0.3, -0.25) is 19.7 Å². The van der Waals surface area contributed by atoms with Crippen LogP contribution in [0, 0.1) is 16.0 Å². The Hall–Kier alpha value is -2.09. The summed E-state index contributed by atoms with van der Waals surface area (Å²) in [6.07, 6.45) is 1.72. The maximum Gasteiger partial charge on any atom is 0.310 e. The quantitative estimate of drug-likeness (QED) is 0.513. The molecule has 1 aliphatic rings. The number of thioether (sulfide) groups is 1. The molecule has 0 aliphatic carbocycles. The number of carboxylic acid groups (broad SMARTS) is 1. The zero-order chi connectivity index (χ0) is 14.9. The Morgan fingerprint density at radius 2 is 2.10 bits per heavy atom. The Labute approximate surface area is 118 Å². The molecule has 8 heteroatoms. The van der Waals surface area contributed by atoms with E-state index in [4.69, 9.17) is 5.11 Å². The molecule has 1 heterocycles. The minimum atomic E-state index is -0.933. The molecule has 1 aromatic carbocycles. The standard InChI is InChI=1S/C12H12N2O5S/c1-20-10-3-2-7(4-9(10)14(18)19)11(15)13-5-8(6-13)12(16)17/h2-4,8H,5-6H2,1H3,(H,16,17). The van der Waals surface area contributed by atoms with E-state index >= 15 is 0 Å². The van der Waals surface area contributed by atoms with Gasteiger partial charge in [0.2, 0.25) is 0 Å². The molecule has 0 spiro atoms. The molecular weight excluding hydrogens is 284 g/mol. The molecule has 0 atom stereocenters. The van der Waals surface area contributed by atoms with Gasteiger partial charge >= 0.3 is 5.97 Å². The van der Waals surface area contributed by atoms with Crippen molar-refractivity contribution in [3.63, 3.8) is 0 Å². The third-order valence-electron chi connectivity index (χ3n) is 3.14. The minimum absolute atomic E-state index is 0.112. The fourth-order valence-electron chi connectivity index (χ4n) is 1.95. The topological polar surface area (TPSA) is 101 Å². The number of likely N-dealkylation sites (tertiary alicyclic amines) is 1. The molecule has 0 unspecified atom stereocenters. The number of carbonyl (C=O) groups is 2. The second-order valence-corrected chi connectivity index (χ2v) is 5.24. The van der Waals surface area contributed by atoms with E-state index in [1.54, 1.807) is 6.26 Å². The van der Waals surface area contributed by atoms with Gasteiger partial charge in [-0.1, -0.05) is 0 Å². The lowest BCUT2D eigenvalue weighted by atomic mass is 9.99. The van der Waals surface area contributed by atoms with Gasteiger partial charge in [0.15, 0.2) is 0 Å². The summed E-state index contributed by atoms with van der Waals surface area (Å²) in [5.41, 5.74) is 0.0944. The van der Waals surface area contributed by atoms with Gasteiger partial charge in [-0.05, 0) is 18.4 Å². The summed E-state index contributed by atoms with van der Waals surface area (Å²) in [4.78, 5) is 35.0. The maximum absolute atomic E-state index is 12.1. The van der Waals surface area contributed by atoms with Crippen molar-refractivity contribution in [1.29, 1.82) is 0 Å². The van der Waals surface area contributed by atoms with Crippen LogP contribution >= 0.6 is 11.8 Å². The first-order valence-corrected chi connectivity index (χ1v) is 7.01. The number of hydrogen-bond acceptors (Lipinski definition) is 5. The van der Waals surface area contributed by atoms with Gasteiger partial charge in [-0.15, -0.1) is 11.8 Å². The van der Waals surface area contributed by atoms with Crippen LogP contribution in [-0.2, 0) is 4.79 Å². The molecule has 1 saturated heterocycles. The van der Waals surface area contributed by atoms with Crippen molar-refractivity contribution in [2.45, 2.75) is 4.90 Å². The third kappa shape index (κ3) is 2.60. The van der Waals surface area contributed by atoms with Gasteiger partial charge in [0.05, 0.1) is 15.7 Å². The monoisotopic (exact) mass is 296 g/mol. The Morgan fingerprint density at radius 3 is 2.60 bits per heavy atom. The molecule has 1 N–H and O–H groups in total. The Kier molecular flexibility index (Phi) is 3.93. The molecule has 106 valence electrons. The van der Waals surface area contributed by atoms with Gasteiger partial charge in [0, 0.05) is 24.7 Å². The van der Waals surface area contributed by atoms with E-state index in [2.05, 4.69) is 0 Å². The number of hydrogen-bond donors (Lipinski definition) is 1.